The minimum absolute atomic E-state index is 0.0278. The summed E-state index contributed by atoms with van der Waals surface area (Å²) in [5, 5.41) is 2.05. The number of nitrogens with zero attached hydrogens (tertiary/aromatic N) is 1. The van der Waals surface area contributed by atoms with E-state index in [1.54, 1.807) is 6.92 Å². The van der Waals surface area contributed by atoms with Crippen molar-refractivity contribution in [2.24, 2.45) is 0 Å². The van der Waals surface area contributed by atoms with Crippen molar-refractivity contribution in [3.63, 3.8) is 0 Å². The first-order valence-electron chi connectivity index (χ1n) is 9.36. The smallest absolute Gasteiger partial charge is 0.358 e. The second-order valence-corrected chi connectivity index (χ2v) is 7.18. The van der Waals surface area contributed by atoms with Gasteiger partial charge in [0, 0.05) is 40.8 Å². The monoisotopic (exact) mass is 413 g/mol. The second kappa shape index (κ2) is 7.42. The zero-order chi connectivity index (χ0) is 21.6. The minimum Gasteiger partial charge on any atom is -0.461 e. The molecule has 3 heterocycles. The number of aryl methyl sites for hydroxylation is 3. The predicted octanol–water partition coefficient (Wildman–Crippen LogP) is 2.59. The van der Waals surface area contributed by atoms with Crippen molar-refractivity contribution in [2.75, 3.05) is 6.61 Å². The molecule has 0 bridgehead atoms. The molecule has 2 amide bonds. The van der Waals surface area contributed by atoms with Crippen LogP contribution in [0.4, 0.5) is 0 Å². The topological polar surface area (TPSA) is 116 Å². The molecule has 1 aromatic carbocycles. The standard InChI is InChI=1S/C21H19NO8/c1-10-6-18(25)29-20-11(2)21-14(7-13(10)20)15(12(3)28-21)8-27-9-19(26)30-22-16(23)4-5-17(22)24/h6-7H,4-5,8-9H2,1-3H3. The lowest BCUT2D eigenvalue weighted by Crippen LogP contribution is -2.33. The lowest BCUT2D eigenvalue weighted by molar-refractivity contribution is -0.200. The van der Waals surface area contributed by atoms with Crippen LogP contribution in [0.1, 0.15) is 35.3 Å². The summed E-state index contributed by atoms with van der Waals surface area (Å²) in [5.41, 5.74) is 2.83. The van der Waals surface area contributed by atoms with Crippen LogP contribution in [0, 0.1) is 20.8 Å². The zero-order valence-corrected chi connectivity index (χ0v) is 16.7. The van der Waals surface area contributed by atoms with E-state index in [9.17, 15) is 19.2 Å². The summed E-state index contributed by atoms with van der Waals surface area (Å²) in [6.45, 7) is 5.01. The number of hydrogen-bond acceptors (Lipinski definition) is 8. The molecule has 2 aromatic heterocycles. The number of imide groups is 1. The van der Waals surface area contributed by atoms with Crippen LogP contribution in [0.5, 0.6) is 0 Å². The Morgan fingerprint density at radius 1 is 1.00 bits per heavy atom. The van der Waals surface area contributed by atoms with Crippen LogP contribution in [-0.4, -0.2) is 29.5 Å². The molecule has 0 unspecified atom stereocenters. The van der Waals surface area contributed by atoms with Crippen molar-refractivity contribution in [3.05, 3.63) is 45.0 Å². The molecule has 0 saturated carbocycles. The maximum Gasteiger partial charge on any atom is 0.358 e. The van der Waals surface area contributed by atoms with Crippen LogP contribution < -0.4 is 5.63 Å². The summed E-state index contributed by atoms with van der Waals surface area (Å²) in [5.74, 6) is -1.34. The first-order chi connectivity index (χ1) is 14.3. The molecule has 1 aliphatic rings. The molecule has 1 aliphatic heterocycles. The second-order valence-electron chi connectivity index (χ2n) is 7.18. The molecule has 0 N–H and O–H groups in total. The van der Waals surface area contributed by atoms with Crippen molar-refractivity contribution in [1.82, 2.24) is 5.06 Å². The molecule has 1 saturated heterocycles. The molecule has 3 aromatic rings. The van der Waals surface area contributed by atoms with Crippen LogP contribution in [0.2, 0.25) is 0 Å². The van der Waals surface area contributed by atoms with Crippen LogP contribution >= 0.6 is 0 Å². The lowest BCUT2D eigenvalue weighted by Gasteiger charge is -2.12. The van der Waals surface area contributed by atoms with Crippen LogP contribution in [0.15, 0.2) is 25.8 Å². The molecule has 4 rings (SSSR count). The maximum absolute atomic E-state index is 11.9. The van der Waals surface area contributed by atoms with Gasteiger partial charge in [0.15, 0.2) is 0 Å². The van der Waals surface area contributed by atoms with Gasteiger partial charge in [-0.15, -0.1) is 5.06 Å². The van der Waals surface area contributed by atoms with Gasteiger partial charge in [0.2, 0.25) is 0 Å². The number of ether oxygens (including phenoxy) is 1. The zero-order valence-electron chi connectivity index (χ0n) is 16.7. The van der Waals surface area contributed by atoms with Gasteiger partial charge in [-0.1, -0.05) is 0 Å². The fourth-order valence-electron chi connectivity index (χ4n) is 3.55. The Labute approximate surface area is 170 Å². The number of hydrogen-bond donors (Lipinski definition) is 0. The van der Waals surface area contributed by atoms with E-state index in [0.29, 0.717) is 27.6 Å². The highest BCUT2D eigenvalue weighted by Crippen LogP contribution is 2.34. The number of rotatable bonds is 5. The highest BCUT2D eigenvalue weighted by Gasteiger charge is 2.32. The van der Waals surface area contributed by atoms with Gasteiger partial charge in [0.25, 0.3) is 11.8 Å². The van der Waals surface area contributed by atoms with Gasteiger partial charge in [-0.25, -0.2) is 9.59 Å². The maximum atomic E-state index is 11.9. The summed E-state index contributed by atoms with van der Waals surface area (Å²) >= 11 is 0. The number of carbonyl (C=O) groups excluding carboxylic acids is 3. The number of amides is 2. The molecule has 9 nitrogen and oxygen atoms in total. The quantitative estimate of drug-likeness (QED) is 0.463. The van der Waals surface area contributed by atoms with E-state index in [1.807, 2.05) is 19.9 Å². The molecule has 0 aliphatic carbocycles. The van der Waals surface area contributed by atoms with Gasteiger partial charge in [-0.2, -0.15) is 0 Å². The highest BCUT2D eigenvalue weighted by molar-refractivity contribution is 6.02. The molecule has 0 spiro atoms. The molecular formula is C21H19NO8. The van der Waals surface area contributed by atoms with E-state index >= 15 is 0 Å². The minimum atomic E-state index is -0.844. The van der Waals surface area contributed by atoms with Gasteiger partial charge < -0.3 is 18.4 Å². The fourth-order valence-corrected chi connectivity index (χ4v) is 3.55. The van der Waals surface area contributed by atoms with Crippen molar-refractivity contribution in [3.8, 4) is 0 Å². The number of carbonyl (C=O) groups is 3. The highest BCUT2D eigenvalue weighted by atomic mass is 16.7. The third-order valence-corrected chi connectivity index (χ3v) is 5.09. The van der Waals surface area contributed by atoms with E-state index in [-0.39, 0.29) is 19.4 Å². The Morgan fingerprint density at radius 2 is 1.67 bits per heavy atom. The molecule has 0 radical (unpaired) electrons. The molecule has 9 heteroatoms. The molecule has 0 atom stereocenters. The number of hydroxylamine groups is 2. The summed E-state index contributed by atoms with van der Waals surface area (Å²) < 4.78 is 16.7. The number of fused-ring (bicyclic) bond motifs is 2. The fraction of sp³-hybridized carbons (Fsp3) is 0.333. The van der Waals surface area contributed by atoms with E-state index in [1.165, 1.54) is 6.07 Å². The summed E-state index contributed by atoms with van der Waals surface area (Å²) in [4.78, 5) is 51.4. The SMILES string of the molecule is Cc1oc2c(C)c3oc(=O)cc(C)c3cc2c1COCC(=O)ON1C(=O)CCC1=O. The van der Waals surface area contributed by atoms with E-state index < -0.39 is 30.0 Å². The van der Waals surface area contributed by atoms with Crippen molar-refractivity contribution < 1.29 is 32.8 Å². The predicted molar refractivity (Wildman–Crippen MR) is 103 cm³/mol. The Hall–Kier alpha value is -3.46. The Bertz CT molecular complexity index is 1250. The third-order valence-electron chi connectivity index (χ3n) is 5.09. The van der Waals surface area contributed by atoms with E-state index in [2.05, 4.69) is 0 Å². The normalized spacial score (nSPS) is 14.3. The van der Waals surface area contributed by atoms with Crippen molar-refractivity contribution >= 4 is 39.7 Å². The number of furan rings is 1. The molecular weight excluding hydrogens is 394 g/mol. The Balaban J connectivity index is 1.55. The molecule has 156 valence electrons. The average Bonchev–Trinajstić information content (AvgIpc) is 3.17. The van der Waals surface area contributed by atoms with Gasteiger partial charge in [-0.3, -0.25) is 9.59 Å². The third kappa shape index (κ3) is 3.37. The van der Waals surface area contributed by atoms with Gasteiger partial charge >= 0.3 is 11.6 Å². The average molecular weight is 413 g/mol. The summed E-state index contributed by atoms with van der Waals surface area (Å²) in [7, 11) is 0. The first-order valence-corrected chi connectivity index (χ1v) is 9.36. The van der Waals surface area contributed by atoms with Crippen molar-refractivity contribution in [2.45, 2.75) is 40.2 Å². The Kier molecular flexibility index (Phi) is 4.90. The van der Waals surface area contributed by atoms with Gasteiger partial charge in [0.05, 0.1) is 6.61 Å². The largest absolute Gasteiger partial charge is 0.461 e. The first kappa shape index (κ1) is 19.8. The van der Waals surface area contributed by atoms with Crippen LogP contribution in [0.3, 0.4) is 0 Å². The van der Waals surface area contributed by atoms with Crippen LogP contribution in [0.25, 0.3) is 21.9 Å². The number of benzene rings is 1. The van der Waals surface area contributed by atoms with Gasteiger partial charge in [0.1, 0.15) is 23.5 Å². The molecule has 1 fully saturated rings. The molecule has 30 heavy (non-hydrogen) atoms. The van der Waals surface area contributed by atoms with Crippen molar-refractivity contribution in [1.29, 1.82) is 0 Å². The van der Waals surface area contributed by atoms with E-state index in [4.69, 9.17) is 18.4 Å². The summed E-state index contributed by atoms with van der Waals surface area (Å²) in [6, 6.07) is 3.29. The Morgan fingerprint density at radius 3 is 2.37 bits per heavy atom. The summed E-state index contributed by atoms with van der Waals surface area (Å²) in [6.07, 6.45) is 0.0556. The van der Waals surface area contributed by atoms with E-state index in [0.717, 1.165) is 21.9 Å². The van der Waals surface area contributed by atoms with Crippen LogP contribution in [-0.2, 0) is 30.6 Å². The van der Waals surface area contributed by atoms with Gasteiger partial charge in [-0.05, 0) is 32.4 Å². The lowest BCUT2D eigenvalue weighted by atomic mass is 10.0.